The molecule has 0 bridgehead atoms. The lowest BCUT2D eigenvalue weighted by molar-refractivity contribution is -0.173. The Morgan fingerprint density at radius 2 is 1.11 bits per heavy atom. The topological polar surface area (TPSA) is 240 Å². The van der Waals surface area contributed by atoms with Gasteiger partial charge in [-0.2, -0.15) is 0 Å². The third-order valence-corrected chi connectivity index (χ3v) is 14.2. The Morgan fingerprint density at radius 3 is 1.57 bits per heavy atom. The molecule has 2 aliphatic heterocycles. The molecule has 446 valence electrons. The minimum atomic E-state index is -1.92. The van der Waals surface area contributed by atoms with E-state index in [0.717, 1.165) is 26.1 Å². The number of carboxylic acids is 1. The monoisotopic (exact) mass is 1130 g/mol. The van der Waals surface area contributed by atoms with Crippen LogP contribution in [0.3, 0.4) is 0 Å². The third kappa shape index (κ3) is 19.9. The number of esters is 4. The number of amides is 3. The number of anilines is 2. The molecule has 2 heterocycles. The summed E-state index contributed by atoms with van der Waals surface area (Å²) in [7, 11) is 5.63. The van der Waals surface area contributed by atoms with E-state index in [1.54, 1.807) is 59.0 Å². The number of rotatable bonds is 30. The van der Waals surface area contributed by atoms with Gasteiger partial charge in [-0.15, -0.1) is 6.42 Å². The number of ether oxygens (including phenoxy) is 6. The molecule has 21 nitrogen and oxygen atoms in total. The first kappa shape index (κ1) is 66.6. The fourth-order valence-electron chi connectivity index (χ4n) is 9.45. The highest BCUT2D eigenvalue weighted by Crippen LogP contribution is 2.24. The van der Waals surface area contributed by atoms with Crippen molar-refractivity contribution in [3.63, 3.8) is 0 Å². The van der Waals surface area contributed by atoms with Crippen molar-refractivity contribution in [2.75, 3.05) is 90.6 Å². The van der Waals surface area contributed by atoms with E-state index in [1.165, 1.54) is 28.1 Å². The summed E-state index contributed by atoms with van der Waals surface area (Å²) in [5.41, 5.74) is 2.70. The Bertz CT molecular complexity index is 2430. The first-order chi connectivity index (χ1) is 38.4. The normalized spacial score (nSPS) is 16.5. The maximum Gasteiger partial charge on any atom is 0.345 e. The summed E-state index contributed by atoms with van der Waals surface area (Å²) in [4.78, 5) is 119. The number of nitrogens with one attached hydrogen (secondary N) is 1. The number of hydrogen-bond acceptors (Lipinski definition) is 17. The summed E-state index contributed by atoms with van der Waals surface area (Å²) in [6.45, 7) is 19.1. The van der Waals surface area contributed by atoms with Gasteiger partial charge in [-0.05, 0) is 93.3 Å². The molecule has 8 atom stereocenters. The van der Waals surface area contributed by atoms with E-state index in [-0.39, 0.29) is 49.9 Å². The van der Waals surface area contributed by atoms with Gasteiger partial charge in [0.25, 0.3) is 17.7 Å². The molecule has 2 fully saturated rings. The third-order valence-electron chi connectivity index (χ3n) is 14.2. The number of carbonyl (C=O) groups is 8. The fourth-order valence-corrected chi connectivity index (χ4v) is 9.45. The average molecular weight is 1130 g/mol. The highest BCUT2D eigenvalue weighted by atomic mass is 16.6. The van der Waals surface area contributed by atoms with Crippen molar-refractivity contribution in [3.8, 4) is 12.3 Å². The molecule has 2 saturated heterocycles. The molecule has 3 amide bonds. The molecule has 0 aliphatic carbocycles. The quantitative estimate of drug-likeness (QED) is 0.0635. The van der Waals surface area contributed by atoms with Gasteiger partial charge in [0.05, 0.1) is 32.1 Å². The van der Waals surface area contributed by atoms with Crippen molar-refractivity contribution in [3.05, 3.63) is 59.7 Å². The SMILES string of the molecule is C#C[C@@H](OC(=O)[C@H](CC(C)C)N(C)C(=O)[C@@H](Cc1ccc(N2CCOCC2)cc1)OC(=O)C(CC(C)C)N(C)C(=O)[C@@H](C)OC(=O)[C@H](CCC)NC)C(=O)N(C)[C@@H](CC(C)C)C(=O)O[C@H](Cc1c#cc(N2CCOCC2)cc1)C(=O)O. The van der Waals surface area contributed by atoms with E-state index in [0.29, 0.717) is 76.6 Å². The van der Waals surface area contributed by atoms with E-state index in [1.807, 2.05) is 32.9 Å². The van der Waals surface area contributed by atoms with Gasteiger partial charge < -0.3 is 63.3 Å². The van der Waals surface area contributed by atoms with E-state index in [4.69, 9.17) is 34.8 Å². The van der Waals surface area contributed by atoms with Crippen LogP contribution >= 0.6 is 0 Å². The largest absolute Gasteiger partial charge is 0.478 e. The first-order valence-electron chi connectivity index (χ1n) is 28.1. The molecular formula is C60H86N6O15. The van der Waals surface area contributed by atoms with Gasteiger partial charge in [0.2, 0.25) is 12.2 Å². The van der Waals surface area contributed by atoms with Crippen LogP contribution in [0.15, 0.2) is 36.4 Å². The van der Waals surface area contributed by atoms with Gasteiger partial charge in [0.1, 0.15) is 24.2 Å². The highest BCUT2D eigenvalue weighted by molar-refractivity contribution is 5.94. The summed E-state index contributed by atoms with van der Waals surface area (Å²) in [5, 5.41) is 13.1. The highest BCUT2D eigenvalue weighted by Gasteiger charge is 2.42. The number of aliphatic carboxylic acids is 1. The van der Waals surface area contributed by atoms with Crippen molar-refractivity contribution >= 4 is 58.9 Å². The lowest BCUT2D eigenvalue weighted by Crippen LogP contribution is -2.53. The zero-order chi connectivity index (χ0) is 60.1. The van der Waals surface area contributed by atoms with Crippen LogP contribution in [0.4, 0.5) is 11.4 Å². The summed E-state index contributed by atoms with van der Waals surface area (Å²) >= 11 is 0. The predicted molar refractivity (Wildman–Crippen MR) is 301 cm³/mol. The van der Waals surface area contributed by atoms with Crippen LogP contribution in [0.2, 0.25) is 0 Å². The molecule has 81 heavy (non-hydrogen) atoms. The zero-order valence-corrected chi connectivity index (χ0v) is 49.4. The lowest BCUT2D eigenvalue weighted by atomic mass is 10.00. The standard InChI is InChI=1S/C60H86N6O15/c1-14-16-46(61-10)57(72)78-41(9)53(67)62(11)47(33-38(3)4)59(74)80-51(36-42-17-21-44(22-18-42)65-25-29-76-30-26-65)55(69)64(13)48(34-39(5)6)58(73)79-50(15-2)54(68)63(12)49(35-40(7)8)60(75)81-52(56(70)71)37-43-19-23-45(24-20-43)66-27-31-77-32-28-66/h2,17-19,21-23,38-41,46-52,61H,14,16,25-37H2,1,3-13H3,(H,70,71)/t41-,46+,47?,48+,49+,50-,51-,52-/m1/s1. The predicted octanol–water partition coefficient (Wildman–Crippen LogP) is 4.14. The molecule has 4 rings (SSSR count). The summed E-state index contributed by atoms with van der Waals surface area (Å²) in [6.07, 6.45) is 0.335. The Labute approximate surface area is 478 Å². The second kappa shape index (κ2) is 32.5. The van der Waals surface area contributed by atoms with Crippen LogP contribution in [0.5, 0.6) is 0 Å². The number of terminal acetylenes is 1. The molecule has 0 aromatic heterocycles. The Hall–Kier alpha value is -6.94. The molecule has 1 unspecified atom stereocenters. The van der Waals surface area contributed by atoms with E-state index in [2.05, 4.69) is 33.2 Å². The van der Waals surface area contributed by atoms with Crippen molar-refractivity contribution in [1.29, 1.82) is 0 Å². The zero-order valence-electron chi connectivity index (χ0n) is 49.4. The molecule has 0 saturated carbocycles. The van der Waals surface area contributed by atoms with E-state index < -0.39 is 96.2 Å². The number of nitrogens with zero attached hydrogens (tertiary/aromatic N) is 5. The molecule has 2 aromatic rings. The Balaban J connectivity index is 1.60. The van der Waals surface area contributed by atoms with Crippen molar-refractivity contribution < 1.29 is 71.9 Å². The van der Waals surface area contributed by atoms with Gasteiger partial charge >= 0.3 is 29.8 Å². The average Bonchev–Trinajstić information content (AvgIpc) is 3.48. The molecule has 0 radical (unpaired) electrons. The number of likely N-dealkylation sites (N-methyl/N-ethyl adjacent to an activating group) is 4. The summed E-state index contributed by atoms with van der Waals surface area (Å²) in [6, 6.07) is 12.2. The smallest absolute Gasteiger partial charge is 0.345 e. The lowest BCUT2D eigenvalue weighted by Gasteiger charge is -2.34. The molecule has 21 heteroatoms. The van der Waals surface area contributed by atoms with Crippen LogP contribution in [0, 0.1) is 42.2 Å². The van der Waals surface area contributed by atoms with Gasteiger partial charge in [0.15, 0.2) is 12.2 Å². The Kier molecular flexibility index (Phi) is 26.7. The number of hydrogen-bond donors (Lipinski definition) is 2. The van der Waals surface area contributed by atoms with Gasteiger partial charge in [-0.3, -0.25) is 19.2 Å². The summed E-state index contributed by atoms with van der Waals surface area (Å²) in [5.74, 6) is -5.98. The molecule has 0 spiro atoms. The number of carboxylic acid groups (broad SMARTS) is 1. The Morgan fingerprint density at radius 1 is 0.630 bits per heavy atom. The number of morpholine rings is 2. The molecule has 2 N–H and O–H groups in total. The molecule has 2 aliphatic rings. The maximum atomic E-state index is 15.0. The van der Waals surface area contributed by atoms with Crippen LogP contribution in [0.1, 0.15) is 98.6 Å². The second-order valence-corrected chi connectivity index (χ2v) is 21.9. The van der Waals surface area contributed by atoms with Crippen LogP contribution < -0.4 is 15.1 Å². The van der Waals surface area contributed by atoms with Crippen LogP contribution in [-0.4, -0.2) is 197 Å². The first-order valence-corrected chi connectivity index (χ1v) is 28.1. The van der Waals surface area contributed by atoms with Gasteiger partial charge in [-0.25, -0.2) is 19.2 Å². The molecule has 2 aromatic carbocycles. The van der Waals surface area contributed by atoms with Crippen molar-refractivity contribution in [2.45, 2.75) is 149 Å². The van der Waals surface area contributed by atoms with Gasteiger partial charge in [0, 0.05) is 71.4 Å². The van der Waals surface area contributed by atoms with E-state index >= 15 is 4.79 Å². The van der Waals surface area contributed by atoms with Crippen molar-refractivity contribution in [2.24, 2.45) is 17.8 Å². The fraction of sp³-hybridized carbons (Fsp3) is 0.633. The summed E-state index contributed by atoms with van der Waals surface area (Å²) < 4.78 is 34.0. The maximum absolute atomic E-state index is 15.0. The van der Waals surface area contributed by atoms with Crippen LogP contribution in [-0.2, 0) is 79.6 Å². The number of benzene rings is 1. The minimum Gasteiger partial charge on any atom is -0.478 e. The molecular weight excluding hydrogens is 1040 g/mol. The number of carbonyl (C=O) groups excluding carboxylic acids is 7. The van der Waals surface area contributed by atoms with E-state index in [9.17, 15) is 38.7 Å². The minimum absolute atomic E-state index is 0.00218. The van der Waals surface area contributed by atoms with Crippen LogP contribution in [0.25, 0.3) is 0 Å². The van der Waals surface area contributed by atoms with Gasteiger partial charge in [-0.1, -0.05) is 79.0 Å². The second-order valence-electron chi connectivity index (χ2n) is 21.9. The van der Waals surface area contributed by atoms with Crippen molar-refractivity contribution in [1.82, 2.24) is 20.0 Å².